The number of likely N-dealkylation sites (N-methyl/N-ethyl adjacent to an activating group) is 1. The summed E-state index contributed by atoms with van der Waals surface area (Å²) in [6, 6.07) is 25.7. The van der Waals surface area contributed by atoms with Gasteiger partial charge >= 0.3 is 0 Å². The predicted octanol–water partition coefficient (Wildman–Crippen LogP) is 5.46. The molecule has 0 bridgehead atoms. The Morgan fingerprint density at radius 2 is 1.55 bits per heavy atom. The third kappa shape index (κ3) is 7.94. The largest absolute Gasteiger partial charge is 0.494 e. The van der Waals surface area contributed by atoms with Crippen molar-refractivity contribution in [2.75, 3.05) is 24.5 Å². The third-order valence-corrected chi connectivity index (χ3v) is 9.09. The molecule has 0 fully saturated rings. The summed E-state index contributed by atoms with van der Waals surface area (Å²) in [6.07, 6.45) is 0.171. The van der Waals surface area contributed by atoms with Gasteiger partial charge in [-0.15, -0.1) is 0 Å². The lowest BCUT2D eigenvalue weighted by Crippen LogP contribution is -2.53. The molecular formula is C33H33ClFN3O5S. The summed E-state index contributed by atoms with van der Waals surface area (Å²) < 4.78 is 48.1. The number of nitrogens with one attached hydrogen (secondary N) is 1. The van der Waals surface area contributed by atoms with Gasteiger partial charge in [0.25, 0.3) is 10.0 Å². The van der Waals surface area contributed by atoms with Crippen LogP contribution in [0, 0.1) is 5.82 Å². The van der Waals surface area contributed by atoms with Crippen LogP contribution in [0.1, 0.15) is 18.1 Å². The first-order valence-electron chi connectivity index (χ1n) is 13.9. The number of carbonyl (C=O) groups excluding carboxylic acids is 2. The summed E-state index contributed by atoms with van der Waals surface area (Å²) in [5.74, 6) is -1.16. The molecule has 0 aliphatic carbocycles. The Morgan fingerprint density at radius 3 is 2.16 bits per heavy atom. The van der Waals surface area contributed by atoms with Crippen LogP contribution in [0.2, 0.25) is 5.02 Å². The first kappa shape index (κ1) is 32.5. The molecule has 1 atom stereocenters. The SMILES string of the molecule is CCOc1ccc(N(CC(=O)N(Cc2ccccc2Cl)[C@@H](Cc2ccccc2)C(=O)NC)S(=O)(=O)c2ccc(F)cc2)cc1. The van der Waals surface area contributed by atoms with Gasteiger partial charge in [-0.3, -0.25) is 13.9 Å². The van der Waals surface area contributed by atoms with Crippen molar-refractivity contribution in [1.29, 1.82) is 0 Å². The molecule has 0 saturated heterocycles. The van der Waals surface area contributed by atoms with Gasteiger partial charge in [0, 0.05) is 25.0 Å². The number of carbonyl (C=O) groups is 2. The number of hydrogen-bond acceptors (Lipinski definition) is 5. The molecule has 0 aromatic heterocycles. The summed E-state index contributed by atoms with van der Waals surface area (Å²) in [5.41, 5.74) is 1.57. The second kappa shape index (κ2) is 14.9. The second-order valence-corrected chi connectivity index (χ2v) is 12.1. The zero-order chi connectivity index (χ0) is 31.7. The lowest BCUT2D eigenvalue weighted by molar-refractivity contribution is -0.139. The third-order valence-electron chi connectivity index (χ3n) is 6.93. The van der Waals surface area contributed by atoms with E-state index in [0.717, 1.165) is 34.1 Å². The van der Waals surface area contributed by atoms with Gasteiger partial charge in [0.2, 0.25) is 11.8 Å². The molecule has 0 unspecified atom stereocenters. The van der Waals surface area contributed by atoms with Crippen LogP contribution in [0.5, 0.6) is 5.75 Å². The van der Waals surface area contributed by atoms with E-state index < -0.39 is 40.2 Å². The van der Waals surface area contributed by atoms with Gasteiger partial charge < -0.3 is 15.0 Å². The van der Waals surface area contributed by atoms with Crippen LogP contribution >= 0.6 is 11.6 Å². The van der Waals surface area contributed by atoms with Gasteiger partial charge in [0.05, 0.1) is 17.2 Å². The van der Waals surface area contributed by atoms with E-state index in [2.05, 4.69) is 5.32 Å². The molecule has 0 radical (unpaired) electrons. The van der Waals surface area contributed by atoms with Gasteiger partial charge in [-0.1, -0.05) is 60.1 Å². The summed E-state index contributed by atoms with van der Waals surface area (Å²) in [6.45, 7) is 1.52. The maximum absolute atomic E-state index is 14.3. The molecular weight excluding hydrogens is 605 g/mol. The molecule has 44 heavy (non-hydrogen) atoms. The van der Waals surface area contributed by atoms with Crippen molar-refractivity contribution < 1.29 is 27.1 Å². The first-order chi connectivity index (χ1) is 21.1. The molecule has 0 spiro atoms. The van der Waals surface area contributed by atoms with Crippen LogP contribution in [0.4, 0.5) is 10.1 Å². The average Bonchev–Trinajstić information content (AvgIpc) is 3.03. The molecule has 0 aliphatic heterocycles. The number of benzene rings is 4. The fraction of sp³-hybridized carbons (Fsp3) is 0.212. The highest BCUT2D eigenvalue weighted by Crippen LogP contribution is 2.28. The van der Waals surface area contributed by atoms with E-state index in [1.807, 2.05) is 37.3 Å². The lowest BCUT2D eigenvalue weighted by atomic mass is 10.0. The van der Waals surface area contributed by atoms with Gasteiger partial charge in [0.1, 0.15) is 24.2 Å². The molecule has 0 aliphatic rings. The van der Waals surface area contributed by atoms with Crippen LogP contribution in [0.15, 0.2) is 108 Å². The van der Waals surface area contributed by atoms with Crippen LogP contribution < -0.4 is 14.4 Å². The maximum Gasteiger partial charge on any atom is 0.264 e. The Balaban J connectivity index is 1.79. The van der Waals surface area contributed by atoms with Crippen molar-refractivity contribution in [1.82, 2.24) is 10.2 Å². The van der Waals surface area contributed by atoms with Crippen molar-refractivity contribution in [3.05, 3.63) is 125 Å². The first-order valence-corrected chi connectivity index (χ1v) is 15.8. The molecule has 230 valence electrons. The Labute approximate surface area is 262 Å². The summed E-state index contributed by atoms with van der Waals surface area (Å²) in [4.78, 5) is 28.8. The standard InChI is InChI=1S/C33H33ClFN3O5S/c1-3-43-28-17-15-27(16-18-28)38(44(41,42)29-19-13-26(35)14-20-29)23-32(39)37(22-25-11-7-8-12-30(25)34)31(33(40)36-2)21-24-9-5-4-6-10-24/h4-20,31H,3,21-23H2,1-2H3,(H,36,40)/t31-/m0/s1. The minimum atomic E-state index is -4.36. The number of ether oxygens (including phenoxy) is 1. The molecule has 4 rings (SSSR count). The molecule has 8 nitrogen and oxygen atoms in total. The smallest absolute Gasteiger partial charge is 0.264 e. The lowest BCUT2D eigenvalue weighted by Gasteiger charge is -2.33. The summed E-state index contributed by atoms with van der Waals surface area (Å²) in [5, 5.41) is 3.03. The molecule has 0 heterocycles. The van der Waals surface area contributed by atoms with Crippen LogP contribution in [-0.4, -0.2) is 51.4 Å². The zero-order valence-corrected chi connectivity index (χ0v) is 25.9. The number of rotatable bonds is 13. The summed E-state index contributed by atoms with van der Waals surface area (Å²) in [7, 11) is -2.89. The molecule has 4 aromatic rings. The van der Waals surface area contributed by atoms with Crippen LogP contribution in [0.3, 0.4) is 0 Å². The van der Waals surface area contributed by atoms with E-state index in [-0.39, 0.29) is 23.5 Å². The van der Waals surface area contributed by atoms with Crippen molar-refractivity contribution >= 4 is 39.1 Å². The number of halogens is 2. The quantitative estimate of drug-likeness (QED) is 0.210. The van der Waals surface area contributed by atoms with Gasteiger partial charge in [-0.25, -0.2) is 12.8 Å². The van der Waals surface area contributed by atoms with Gasteiger partial charge in [-0.2, -0.15) is 0 Å². The van der Waals surface area contributed by atoms with E-state index in [9.17, 15) is 22.4 Å². The number of amides is 2. The topological polar surface area (TPSA) is 96.0 Å². The molecule has 4 aromatic carbocycles. The van der Waals surface area contributed by atoms with Crippen LogP contribution in [0.25, 0.3) is 0 Å². The highest BCUT2D eigenvalue weighted by molar-refractivity contribution is 7.92. The molecule has 0 saturated carbocycles. The van der Waals surface area contributed by atoms with E-state index in [1.165, 1.54) is 24.1 Å². The zero-order valence-electron chi connectivity index (χ0n) is 24.3. The number of sulfonamides is 1. The Hall–Kier alpha value is -4.41. The van der Waals surface area contributed by atoms with Gasteiger partial charge in [-0.05, 0) is 72.6 Å². The van der Waals surface area contributed by atoms with Gasteiger partial charge in [0.15, 0.2) is 0 Å². The van der Waals surface area contributed by atoms with Crippen LogP contribution in [-0.2, 0) is 32.6 Å². The average molecular weight is 638 g/mol. The molecule has 1 N–H and O–H groups in total. The molecule has 2 amide bonds. The minimum Gasteiger partial charge on any atom is -0.494 e. The van der Waals surface area contributed by atoms with Crippen molar-refractivity contribution in [2.24, 2.45) is 0 Å². The van der Waals surface area contributed by atoms with E-state index >= 15 is 0 Å². The second-order valence-electron chi connectivity index (χ2n) is 9.83. The van der Waals surface area contributed by atoms with E-state index in [0.29, 0.717) is 22.9 Å². The monoisotopic (exact) mass is 637 g/mol. The van der Waals surface area contributed by atoms with E-state index in [1.54, 1.807) is 36.4 Å². The number of nitrogens with zero attached hydrogens (tertiary/aromatic N) is 2. The Bertz CT molecular complexity index is 1670. The fourth-order valence-corrected chi connectivity index (χ4v) is 6.28. The Kier molecular flexibility index (Phi) is 11.0. The highest BCUT2D eigenvalue weighted by Gasteiger charge is 2.34. The normalized spacial score (nSPS) is 11.8. The van der Waals surface area contributed by atoms with Crippen molar-refractivity contribution in [2.45, 2.75) is 30.8 Å². The van der Waals surface area contributed by atoms with Crippen molar-refractivity contribution in [3.8, 4) is 5.75 Å². The number of anilines is 1. The minimum absolute atomic E-state index is 0.0584. The Morgan fingerprint density at radius 1 is 0.909 bits per heavy atom. The molecule has 11 heteroatoms. The maximum atomic E-state index is 14.3. The fourth-order valence-electron chi connectivity index (χ4n) is 4.67. The summed E-state index contributed by atoms with van der Waals surface area (Å²) >= 11 is 6.47. The van der Waals surface area contributed by atoms with Crippen molar-refractivity contribution in [3.63, 3.8) is 0 Å². The van der Waals surface area contributed by atoms with E-state index in [4.69, 9.17) is 16.3 Å². The number of hydrogen-bond donors (Lipinski definition) is 1. The highest BCUT2D eigenvalue weighted by atomic mass is 35.5. The predicted molar refractivity (Wildman–Crippen MR) is 169 cm³/mol.